The Kier molecular flexibility index (Phi) is 6.40. The van der Waals surface area contributed by atoms with Crippen molar-refractivity contribution in [3.63, 3.8) is 0 Å². The highest BCUT2D eigenvalue weighted by molar-refractivity contribution is 8.13. The van der Waals surface area contributed by atoms with Crippen molar-refractivity contribution in [1.29, 1.82) is 0 Å². The van der Waals surface area contributed by atoms with Crippen LogP contribution in [-0.4, -0.2) is 37.4 Å². The Bertz CT molecular complexity index is 620. The molecule has 1 rings (SSSR count). The molecule has 0 atom stereocenters. The molecule has 15 heteroatoms. The van der Waals surface area contributed by atoms with Crippen molar-refractivity contribution < 1.29 is 43.2 Å². The SMILES string of the molecule is CCn1ccnc1.O=S(=O)([N-]S(=O)(=O)C(F)(F)F)C(F)(F)F. The first-order valence-electron chi connectivity index (χ1n) is 4.96. The molecule has 0 fully saturated rings. The zero-order valence-electron chi connectivity index (χ0n) is 10.5. The number of nitrogens with zero attached hydrogens (tertiary/aromatic N) is 3. The van der Waals surface area contributed by atoms with Crippen molar-refractivity contribution in [2.45, 2.75) is 24.5 Å². The van der Waals surface area contributed by atoms with Crippen LogP contribution >= 0.6 is 0 Å². The van der Waals surface area contributed by atoms with Gasteiger partial charge in [0, 0.05) is 18.9 Å². The molecule has 130 valence electrons. The molecule has 0 aliphatic rings. The normalized spacial score (nSPS) is 13.4. The van der Waals surface area contributed by atoms with E-state index in [-0.39, 0.29) is 0 Å². The molecule has 1 aromatic rings. The third-order valence-electron chi connectivity index (χ3n) is 1.71. The summed E-state index contributed by atoms with van der Waals surface area (Å²) in [5, 5.41) is 0. The number of halogens is 6. The Labute approximate surface area is 121 Å². The summed E-state index contributed by atoms with van der Waals surface area (Å²) >= 11 is 0. The second kappa shape index (κ2) is 6.82. The number of sulfonamides is 2. The molecule has 1 aromatic heterocycles. The molecule has 0 unspecified atom stereocenters. The fourth-order valence-electron chi connectivity index (χ4n) is 0.687. The van der Waals surface area contributed by atoms with Gasteiger partial charge in [-0.3, -0.25) is 0 Å². The van der Waals surface area contributed by atoms with Crippen molar-refractivity contribution in [1.82, 2.24) is 9.55 Å². The molecule has 0 radical (unpaired) electrons. The third-order valence-corrected chi connectivity index (χ3v) is 4.45. The molecule has 0 aliphatic carbocycles. The lowest BCUT2D eigenvalue weighted by atomic mass is 10.7. The van der Waals surface area contributed by atoms with E-state index in [9.17, 15) is 43.2 Å². The molecule has 0 bridgehead atoms. The molecule has 0 aliphatic heterocycles. The van der Waals surface area contributed by atoms with Gasteiger partial charge >= 0.3 is 11.0 Å². The summed E-state index contributed by atoms with van der Waals surface area (Å²) in [6.45, 7) is 3.10. The second-order valence-corrected chi connectivity index (χ2v) is 6.73. The average molecular weight is 376 g/mol. The fourth-order valence-corrected chi connectivity index (χ4v) is 2.40. The standard InChI is InChI=1S/C5H8N2.C2F6NO4S2/c1-2-7-4-3-6-5-7;3-1(4,5)14(10,11)9-15(12,13)2(6,7)8/h3-5H,2H2,1H3;/q;-1. The van der Waals surface area contributed by atoms with Crippen LogP contribution in [-0.2, 0) is 26.6 Å². The quantitative estimate of drug-likeness (QED) is 0.751. The van der Waals surface area contributed by atoms with Gasteiger partial charge in [-0.15, -0.1) is 0 Å². The van der Waals surface area contributed by atoms with E-state index in [1.807, 2.05) is 10.8 Å². The van der Waals surface area contributed by atoms with E-state index in [1.165, 1.54) is 0 Å². The van der Waals surface area contributed by atoms with Crippen molar-refractivity contribution in [3.05, 3.63) is 22.8 Å². The van der Waals surface area contributed by atoms with Crippen molar-refractivity contribution in [2.75, 3.05) is 0 Å². The first-order chi connectivity index (χ1) is 9.64. The van der Waals surface area contributed by atoms with Crippen LogP contribution in [0.25, 0.3) is 4.13 Å². The highest BCUT2D eigenvalue weighted by Crippen LogP contribution is 2.36. The van der Waals surface area contributed by atoms with Crippen LogP contribution in [0.2, 0.25) is 0 Å². The van der Waals surface area contributed by atoms with Crippen molar-refractivity contribution >= 4 is 20.0 Å². The number of hydrogen-bond donors (Lipinski definition) is 0. The lowest BCUT2D eigenvalue weighted by Gasteiger charge is -2.22. The van der Waals surface area contributed by atoms with Crippen LogP contribution in [0.5, 0.6) is 0 Å². The smallest absolute Gasteiger partial charge is 0.421 e. The number of alkyl halides is 6. The summed E-state index contributed by atoms with van der Waals surface area (Å²) in [6.07, 6.45) is 5.53. The Morgan fingerprint density at radius 2 is 1.41 bits per heavy atom. The first kappa shape index (κ1) is 20.6. The molecular weight excluding hydrogens is 368 g/mol. The number of aromatic nitrogens is 2. The second-order valence-electron chi connectivity index (χ2n) is 3.31. The largest absolute Gasteiger partial charge is 0.480 e. The van der Waals surface area contributed by atoms with Crippen molar-refractivity contribution in [2.24, 2.45) is 0 Å². The summed E-state index contributed by atoms with van der Waals surface area (Å²) in [5.74, 6) is 0. The topological polar surface area (TPSA) is 100 Å². The van der Waals surface area contributed by atoms with E-state index in [0.717, 1.165) is 10.7 Å². The molecule has 0 saturated heterocycles. The van der Waals surface area contributed by atoms with E-state index >= 15 is 0 Å². The molecule has 0 N–H and O–H groups in total. The summed E-state index contributed by atoms with van der Waals surface area (Å²) in [5.41, 5.74) is -12.4. The Hall–Kier alpha value is -1.35. The van der Waals surface area contributed by atoms with Crippen LogP contribution in [0.1, 0.15) is 6.92 Å². The van der Waals surface area contributed by atoms with Gasteiger partial charge in [-0.05, 0) is 6.92 Å². The van der Waals surface area contributed by atoms with Crippen LogP contribution in [0, 0.1) is 0 Å². The molecule has 0 spiro atoms. The minimum Gasteiger partial charge on any atom is -0.421 e. The Balaban J connectivity index is 0.000000518. The molecule has 0 saturated carbocycles. The molecular formula is C7H8F6N3O4S2-. The highest BCUT2D eigenvalue weighted by atomic mass is 32.3. The summed E-state index contributed by atoms with van der Waals surface area (Å²) in [6, 6.07) is 0. The number of hydrogen-bond acceptors (Lipinski definition) is 5. The van der Waals surface area contributed by atoms with Crippen LogP contribution in [0.4, 0.5) is 26.3 Å². The van der Waals surface area contributed by atoms with E-state index in [0.29, 0.717) is 0 Å². The summed E-state index contributed by atoms with van der Waals surface area (Å²) in [4.78, 5) is 3.86. The first-order valence-corrected chi connectivity index (χ1v) is 7.84. The van der Waals surface area contributed by atoms with Crippen LogP contribution in [0.15, 0.2) is 18.7 Å². The molecule has 1 heterocycles. The minimum absolute atomic E-state index is 0.778. The summed E-state index contributed by atoms with van der Waals surface area (Å²) < 4.78 is 111. The van der Waals surface area contributed by atoms with Gasteiger partial charge in [0.2, 0.25) is 0 Å². The molecule has 0 amide bonds. The van der Waals surface area contributed by atoms with E-state index in [1.54, 1.807) is 12.5 Å². The lowest BCUT2D eigenvalue weighted by Crippen LogP contribution is -2.30. The predicted octanol–water partition coefficient (Wildman–Crippen LogP) is 1.96. The lowest BCUT2D eigenvalue weighted by molar-refractivity contribution is -0.0444. The maximum absolute atomic E-state index is 11.4. The summed E-state index contributed by atoms with van der Waals surface area (Å²) in [7, 11) is -13.4. The molecule has 0 aromatic carbocycles. The Morgan fingerprint density at radius 3 is 1.59 bits per heavy atom. The number of imidazole rings is 1. The van der Waals surface area contributed by atoms with E-state index in [2.05, 4.69) is 11.9 Å². The average Bonchev–Trinajstić information content (AvgIpc) is 2.77. The predicted molar refractivity (Wildman–Crippen MR) is 61.2 cm³/mol. The fraction of sp³-hybridized carbons (Fsp3) is 0.571. The number of rotatable bonds is 3. The maximum atomic E-state index is 11.4. The zero-order valence-corrected chi connectivity index (χ0v) is 12.1. The van der Waals surface area contributed by atoms with Gasteiger partial charge in [-0.1, -0.05) is 0 Å². The van der Waals surface area contributed by atoms with Gasteiger partial charge in [0.1, 0.15) is 0 Å². The van der Waals surface area contributed by atoms with Gasteiger partial charge in [0.25, 0.3) is 0 Å². The monoisotopic (exact) mass is 376 g/mol. The number of aryl methyl sites for hydroxylation is 1. The van der Waals surface area contributed by atoms with E-state index < -0.39 is 31.1 Å². The van der Waals surface area contributed by atoms with Gasteiger partial charge in [-0.25, -0.2) is 21.8 Å². The molecule has 22 heavy (non-hydrogen) atoms. The van der Waals surface area contributed by atoms with Crippen LogP contribution < -0.4 is 0 Å². The minimum atomic E-state index is -6.72. The van der Waals surface area contributed by atoms with Gasteiger partial charge in [0.05, 0.1) is 6.33 Å². The van der Waals surface area contributed by atoms with Gasteiger partial charge < -0.3 is 8.69 Å². The van der Waals surface area contributed by atoms with Gasteiger partial charge in [-0.2, -0.15) is 26.3 Å². The zero-order chi connectivity index (χ0) is 17.8. The van der Waals surface area contributed by atoms with Gasteiger partial charge in [0.15, 0.2) is 20.0 Å². The Morgan fingerprint density at radius 1 is 1.00 bits per heavy atom. The molecule has 7 nitrogen and oxygen atoms in total. The third kappa shape index (κ3) is 5.80. The highest BCUT2D eigenvalue weighted by Gasteiger charge is 2.46. The maximum Gasteiger partial charge on any atom is 0.480 e. The van der Waals surface area contributed by atoms with E-state index in [4.69, 9.17) is 0 Å². The van der Waals surface area contributed by atoms with Crippen LogP contribution in [0.3, 0.4) is 0 Å². The van der Waals surface area contributed by atoms with Crippen molar-refractivity contribution in [3.8, 4) is 0 Å².